The zero-order chi connectivity index (χ0) is 26.7. The second-order valence-corrected chi connectivity index (χ2v) is 10.9. The van der Waals surface area contributed by atoms with Crippen LogP contribution in [-0.2, 0) is 10.5 Å². The van der Waals surface area contributed by atoms with E-state index < -0.39 is 17.7 Å². The van der Waals surface area contributed by atoms with Crippen molar-refractivity contribution < 1.29 is 24.2 Å². The number of urea groups is 1. The van der Waals surface area contributed by atoms with Crippen LogP contribution in [0, 0.1) is 11.8 Å². The number of piperidine rings is 1. The molecule has 3 atom stereocenters. The third-order valence-corrected chi connectivity index (χ3v) is 7.44. The fourth-order valence-electron chi connectivity index (χ4n) is 5.43. The maximum Gasteiger partial charge on any atom is 0.329 e. The highest BCUT2D eigenvalue weighted by Crippen LogP contribution is 2.44. The van der Waals surface area contributed by atoms with Gasteiger partial charge in [0.05, 0.1) is 25.6 Å². The van der Waals surface area contributed by atoms with Gasteiger partial charge in [-0.25, -0.2) is 9.69 Å². The topological polar surface area (TPSA) is 103 Å². The molecule has 0 spiro atoms. The van der Waals surface area contributed by atoms with E-state index in [1.807, 2.05) is 0 Å². The summed E-state index contributed by atoms with van der Waals surface area (Å²) in [4.78, 5) is 30.5. The fraction of sp³-hybridized carbons (Fsp3) is 0.481. The number of likely N-dealkylation sites (tertiary alicyclic amines) is 1. The van der Waals surface area contributed by atoms with Gasteiger partial charge >= 0.3 is 6.03 Å². The predicted molar refractivity (Wildman–Crippen MR) is 146 cm³/mol. The first-order chi connectivity index (χ1) is 17.7. The minimum Gasteiger partial charge on any atom is -0.497 e. The van der Waals surface area contributed by atoms with Crippen molar-refractivity contribution in [3.8, 4) is 11.5 Å². The molecular formula is C27H35BrN4O5. The van der Waals surface area contributed by atoms with E-state index in [0.717, 1.165) is 31.0 Å². The molecule has 1 fully saturated rings. The van der Waals surface area contributed by atoms with Crippen molar-refractivity contribution in [2.75, 3.05) is 50.6 Å². The number of anilines is 2. The summed E-state index contributed by atoms with van der Waals surface area (Å²) in [5, 5.41) is 17.8. The van der Waals surface area contributed by atoms with Crippen LogP contribution in [0.1, 0.15) is 32.3 Å². The van der Waals surface area contributed by atoms with Crippen molar-refractivity contribution in [3.63, 3.8) is 0 Å². The number of aliphatic hydroxyl groups is 1. The van der Waals surface area contributed by atoms with Crippen molar-refractivity contribution in [1.29, 1.82) is 0 Å². The SMILES string of the molecule is COc1ccc(N2C(=O)Nc3ccc(Br)cc3[C@@]2(O)C(=O)NCCCN2C[C@H](C)C[C@@H](C)C2)c(OC)c1. The Balaban J connectivity index is 1.62. The standard InChI is InChI=1S/C27H35BrN4O5/c1-17-12-18(2)16-31(15-17)11-5-10-29-25(33)27(35)21-13-19(28)6-8-22(21)30-26(34)32(27)23-9-7-20(36-3)14-24(23)37-4/h6-9,13-14,17-18,35H,5,10-12,15-16H2,1-4H3,(H,29,33)(H,30,34)/t17-,18-,27-/m1/s1. The molecule has 0 unspecified atom stereocenters. The van der Waals surface area contributed by atoms with E-state index in [0.29, 0.717) is 34.3 Å². The summed E-state index contributed by atoms with van der Waals surface area (Å²) < 4.78 is 11.4. The van der Waals surface area contributed by atoms with Crippen molar-refractivity contribution >= 4 is 39.2 Å². The van der Waals surface area contributed by atoms with Crippen LogP contribution in [-0.4, -0.2) is 62.3 Å². The van der Waals surface area contributed by atoms with Crippen LogP contribution in [0.4, 0.5) is 16.2 Å². The normalized spacial score (nSPS) is 23.7. The zero-order valence-electron chi connectivity index (χ0n) is 21.7. The van der Waals surface area contributed by atoms with Crippen LogP contribution in [0.3, 0.4) is 0 Å². The van der Waals surface area contributed by atoms with Crippen LogP contribution < -0.4 is 25.0 Å². The van der Waals surface area contributed by atoms with E-state index in [2.05, 4.69) is 45.3 Å². The van der Waals surface area contributed by atoms with Gasteiger partial charge in [0.25, 0.3) is 11.6 Å². The van der Waals surface area contributed by atoms with Gasteiger partial charge in [0.15, 0.2) is 0 Å². The molecule has 0 saturated carbocycles. The van der Waals surface area contributed by atoms with Gasteiger partial charge in [-0.3, -0.25) is 4.79 Å². The lowest BCUT2D eigenvalue weighted by molar-refractivity contribution is -0.140. The molecule has 3 N–H and O–H groups in total. The van der Waals surface area contributed by atoms with E-state index in [-0.39, 0.29) is 17.0 Å². The van der Waals surface area contributed by atoms with Crippen molar-refractivity contribution in [2.24, 2.45) is 11.8 Å². The van der Waals surface area contributed by atoms with E-state index in [4.69, 9.17) is 9.47 Å². The molecule has 0 radical (unpaired) electrons. The predicted octanol–water partition coefficient (Wildman–Crippen LogP) is 4.15. The van der Waals surface area contributed by atoms with Crippen LogP contribution in [0.5, 0.6) is 11.5 Å². The number of carbonyl (C=O) groups excluding carboxylic acids is 2. The number of nitrogens with one attached hydrogen (secondary N) is 2. The number of hydrogen-bond acceptors (Lipinski definition) is 6. The van der Waals surface area contributed by atoms with E-state index in [1.54, 1.807) is 36.4 Å². The summed E-state index contributed by atoms with van der Waals surface area (Å²) in [5.41, 5.74) is -1.50. The Bertz CT molecular complexity index is 1150. The van der Waals surface area contributed by atoms with Crippen LogP contribution in [0.2, 0.25) is 0 Å². The van der Waals surface area contributed by atoms with E-state index >= 15 is 0 Å². The molecule has 0 aromatic heterocycles. The molecule has 0 aliphatic carbocycles. The lowest BCUT2D eigenvalue weighted by Gasteiger charge is -2.43. The summed E-state index contributed by atoms with van der Waals surface area (Å²) in [6.07, 6.45) is 1.96. The van der Waals surface area contributed by atoms with Gasteiger partial charge in [-0.1, -0.05) is 29.8 Å². The Kier molecular flexibility index (Phi) is 8.30. The number of nitrogens with zero attached hydrogens (tertiary/aromatic N) is 2. The third-order valence-electron chi connectivity index (χ3n) is 6.95. The minimum atomic E-state index is -2.32. The van der Waals surface area contributed by atoms with Crippen LogP contribution in [0.25, 0.3) is 0 Å². The summed E-state index contributed by atoms with van der Waals surface area (Å²) in [7, 11) is 2.97. The molecular weight excluding hydrogens is 540 g/mol. The van der Waals surface area contributed by atoms with Gasteiger partial charge in [-0.2, -0.15) is 0 Å². The third kappa shape index (κ3) is 5.56. The lowest BCUT2D eigenvalue weighted by atomic mass is 9.92. The lowest BCUT2D eigenvalue weighted by Crippen LogP contribution is -2.62. The second kappa shape index (κ2) is 11.3. The summed E-state index contributed by atoms with van der Waals surface area (Å²) in [6.45, 7) is 7.85. The number of hydrogen-bond donors (Lipinski definition) is 3. The molecule has 200 valence electrons. The van der Waals surface area contributed by atoms with Crippen LogP contribution in [0.15, 0.2) is 40.9 Å². The first kappa shape index (κ1) is 27.2. The monoisotopic (exact) mass is 574 g/mol. The molecule has 3 amide bonds. The number of carbonyl (C=O) groups is 2. The van der Waals surface area contributed by atoms with Gasteiger partial charge in [-0.15, -0.1) is 0 Å². The number of rotatable bonds is 8. The smallest absolute Gasteiger partial charge is 0.329 e. The molecule has 4 rings (SSSR count). The zero-order valence-corrected chi connectivity index (χ0v) is 23.3. The van der Waals surface area contributed by atoms with Gasteiger partial charge in [-0.05, 0) is 61.6 Å². The number of methoxy groups -OCH3 is 2. The number of fused-ring (bicyclic) bond motifs is 1. The number of halogens is 1. The average molecular weight is 576 g/mol. The molecule has 2 aliphatic heterocycles. The first-order valence-corrected chi connectivity index (χ1v) is 13.3. The highest BCUT2D eigenvalue weighted by molar-refractivity contribution is 9.10. The summed E-state index contributed by atoms with van der Waals surface area (Å²) in [5.74, 6) is 1.40. The number of amides is 3. The summed E-state index contributed by atoms with van der Waals surface area (Å²) >= 11 is 3.43. The van der Waals surface area contributed by atoms with Crippen molar-refractivity contribution in [1.82, 2.24) is 10.2 Å². The maximum atomic E-state index is 13.7. The molecule has 1 saturated heterocycles. The van der Waals surface area contributed by atoms with E-state index in [1.165, 1.54) is 20.6 Å². The molecule has 0 bridgehead atoms. The second-order valence-electron chi connectivity index (χ2n) is 9.98. The maximum absolute atomic E-state index is 13.7. The highest BCUT2D eigenvalue weighted by Gasteiger charge is 2.52. The average Bonchev–Trinajstić information content (AvgIpc) is 2.86. The van der Waals surface area contributed by atoms with Gasteiger partial charge in [0, 0.05) is 35.7 Å². The molecule has 37 heavy (non-hydrogen) atoms. The quantitative estimate of drug-likeness (QED) is 0.409. The Morgan fingerprint density at radius 2 is 1.89 bits per heavy atom. The van der Waals surface area contributed by atoms with Gasteiger partial charge < -0.3 is 30.1 Å². The van der Waals surface area contributed by atoms with Crippen molar-refractivity contribution in [2.45, 2.75) is 32.4 Å². The minimum absolute atomic E-state index is 0.223. The Labute approximate surface area is 226 Å². The van der Waals surface area contributed by atoms with Crippen LogP contribution >= 0.6 is 15.9 Å². The van der Waals surface area contributed by atoms with E-state index in [9.17, 15) is 14.7 Å². The Morgan fingerprint density at radius 3 is 2.57 bits per heavy atom. The van der Waals surface area contributed by atoms with Gasteiger partial charge in [0.1, 0.15) is 11.5 Å². The number of benzene rings is 2. The molecule has 2 aromatic carbocycles. The highest BCUT2D eigenvalue weighted by atomic mass is 79.9. The molecule has 2 aliphatic rings. The van der Waals surface area contributed by atoms with Crippen molar-refractivity contribution in [3.05, 3.63) is 46.4 Å². The number of ether oxygens (including phenoxy) is 2. The molecule has 9 nitrogen and oxygen atoms in total. The molecule has 2 aromatic rings. The Hall–Kier alpha value is -2.82. The Morgan fingerprint density at radius 1 is 1.16 bits per heavy atom. The molecule has 10 heteroatoms. The summed E-state index contributed by atoms with van der Waals surface area (Å²) in [6, 6.07) is 9.18. The first-order valence-electron chi connectivity index (χ1n) is 12.5. The largest absolute Gasteiger partial charge is 0.497 e. The molecule has 2 heterocycles. The van der Waals surface area contributed by atoms with Gasteiger partial charge in [0.2, 0.25) is 0 Å². The fourth-order valence-corrected chi connectivity index (χ4v) is 5.79.